The summed E-state index contributed by atoms with van der Waals surface area (Å²) in [6.07, 6.45) is 3.18. The number of aliphatic hydroxyl groups is 1. The van der Waals surface area contributed by atoms with Crippen LogP contribution in [0.15, 0.2) is 0 Å². The van der Waals surface area contributed by atoms with E-state index in [1.807, 2.05) is 6.92 Å². The lowest BCUT2D eigenvalue weighted by Crippen LogP contribution is -2.54. The van der Waals surface area contributed by atoms with E-state index in [9.17, 15) is 9.90 Å². The fourth-order valence-electron chi connectivity index (χ4n) is 1.77. The molecular formula is C12H24N2O2. The van der Waals surface area contributed by atoms with E-state index in [1.54, 1.807) is 0 Å². The van der Waals surface area contributed by atoms with Crippen LogP contribution in [0.2, 0.25) is 0 Å². The first-order valence-electron chi connectivity index (χ1n) is 6.15. The van der Waals surface area contributed by atoms with Crippen LogP contribution >= 0.6 is 0 Å². The van der Waals surface area contributed by atoms with Crippen LogP contribution in [-0.2, 0) is 0 Å². The van der Waals surface area contributed by atoms with Gasteiger partial charge in [0.05, 0.1) is 12.1 Å². The summed E-state index contributed by atoms with van der Waals surface area (Å²) in [7, 11) is 0. The van der Waals surface area contributed by atoms with Gasteiger partial charge in [0, 0.05) is 6.54 Å². The highest BCUT2D eigenvalue weighted by atomic mass is 16.3. The Kier molecular flexibility index (Phi) is 4.59. The van der Waals surface area contributed by atoms with Crippen molar-refractivity contribution in [1.29, 1.82) is 0 Å². The Bertz CT molecular complexity index is 239. The highest BCUT2D eigenvalue weighted by Gasteiger charge is 2.42. The Labute approximate surface area is 97.8 Å². The molecule has 1 saturated carbocycles. The first-order chi connectivity index (χ1) is 7.48. The molecule has 0 radical (unpaired) electrons. The van der Waals surface area contributed by atoms with Crippen molar-refractivity contribution in [3.63, 3.8) is 0 Å². The fourth-order valence-corrected chi connectivity index (χ4v) is 1.77. The number of carbonyl (C=O) groups is 1. The lowest BCUT2D eigenvalue weighted by molar-refractivity contribution is 0.155. The van der Waals surface area contributed by atoms with Gasteiger partial charge in [-0.25, -0.2) is 4.79 Å². The lowest BCUT2D eigenvalue weighted by Gasteiger charge is -2.28. The van der Waals surface area contributed by atoms with Gasteiger partial charge in [-0.3, -0.25) is 0 Å². The third-order valence-corrected chi connectivity index (χ3v) is 3.21. The van der Waals surface area contributed by atoms with E-state index in [-0.39, 0.29) is 12.6 Å². The van der Waals surface area contributed by atoms with Crippen molar-refractivity contribution < 1.29 is 9.90 Å². The van der Waals surface area contributed by atoms with E-state index >= 15 is 0 Å². The molecule has 94 valence electrons. The first-order valence-corrected chi connectivity index (χ1v) is 6.15. The Morgan fingerprint density at radius 2 is 2.12 bits per heavy atom. The van der Waals surface area contributed by atoms with Gasteiger partial charge in [0.2, 0.25) is 0 Å². The molecule has 2 amide bonds. The van der Waals surface area contributed by atoms with Crippen molar-refractivity contribution in [3.8, 4) is 0 Å². The van der Waals surface area contributed by atoms with Crippen molar-refractivity contribution in [2.24, 2.45) is 11.8 Å². The molecule has 0 aromatic rings. The molecule has 0 aliphatic heterocycles. The molecule has 0 spiro atoms. The van der Waals surface area contributed by atoms with Crippen LogP contribution in [0.25, 0.3) is 0 Å². The number of amides is 2. The van der Waals surface area contributed by atoms with Gasteiger partial charge >= 0.3 is 6.03 Å². The Morgan fingerprint density at radius 3 is 2.56 bits per heavy atom. The highest BCUT2D eigenvalue weighted by molar-refractivity contribution is 5.74. The SMILES string of the molecule is CC(C)CCNC(=O)NC(C)(CO)C1CC1. The van der Waals surface area contributed by atoms with Gasteiger partial charge in [0.1, 0.15) is 0 Å². The van der Waals surface area contributed by atoms with Crippen LogP contribution in [0, 0.1) is 11.8 Å². The molecular weight excluding hydrogens is 204 g/mol. The number of urea groups is 1. The molecule has 1 rings (SSSR count). The van der Waals surface area contributed by atoms with E-state index in [0.717, 1.165) is 19.3 Å². The van der Waals surface area contributed by atoms with Crippen molar-refractivity contribution in [2.75, 3.05) is 13.2 Å². The molecule has 1 atom stereocenters. The quantitative estimate of drug-likeness (QED) is 0.645. The molecule has 0 bridgehead atoms. The van der Waals surface area contributed by atoms with Crippen molar-refractivity contribution in [2.45, 2.75) is 45.6 Å². The summed E-state index contributed by atoms with van der Waals surface area (Å²) in [4.78, 5) is 11.6. The van der Waals surface area contributed by atoms with E-state index in [2.05, 4.69) is 24.5 Å². The second-order valence-corrected chi connectivity index (χ2v) is 5.41. The number of hydrogen-bond acceptors (Lipinski definition) is 2. The normalized spacial score (nSPS) is 19.3. The lowest BCUT2D eigenvalue weighted by atomic mass is 9.97. The van der Waals surface area contributed by atoms with Crippen molar-refractivity contribution in [3.05, 3.63) is 0 Å². The monoisotopic (exact) mass is 228 g/mol. The maximum atomic E-state index is 11.6. The number of aliphatic hydroxyl groups excluding tert-OH is 1. The zero-order valence-corrected chi connectivity index (χ0v) is 10.5. The smallest absolute Gasteiger partial charge is 0.315 e. The summed E-state index contributed by atoms with van der Waals surface area (Å²) in [5, 5.41) is 15.0. The van der Waals surface area contributed by atoms with Gasteiger partial charge in [-0.05, 0) is 38.0 Å². The Hall–Kier alpha value is -0.770. The van der Waals surface area contributed by atoms with Crippen molar-refractivity contribution >= 4 is 6.03 Å². The topological polar surface area (TPSA) is 61.4 Å². The second kappa shape index (κ2) is 5.53. The third-order valence-electron chi connectivity index (χ3n) is 3.21. The molecule has 4 nitrogen and oxygen atoms in total. The van der Waals surface area contributed by atoms with Crippen LogP contribution in [0.1, 0.15) is 40.0 Å². The van der Waals surface area contributed by atoms with Gasteiger partial charge in [-0.1, -0.05) is 13.8 Å². The molecule has 1 aliphatic rings. The minimum atomic E-state index is -0.443. The molecule has 1 aliphatic carbocycles. The maximum Gasteiger partial charge on any atom is 0.315 e. The van der Waals surface area contributed by atoms with Crippen molar-refractivity contribution in [1.82, 2.24) is 10.6 Å². The number of hydrogen-bond donors (Lipinski definition) is 3. The summed E-state index contributed by atoms with van der Waals surface area (Å²) in [6, 6.07) is -0.163. The maximum absolute atomic E-state index is 11.6. The average molecular weight is 228 g/mol. The summed E-state index contributed by atoms with van der Waals surface area (Å²) in [5.74, 6) is 1.03. The number of rotatable bonds is 6. The molecule has 0 aromatic carbocycles. The van der Waals surface area contributed by atoms with Gasteiger partial charge in [0.15, 0.2) is 0 Å². The van der Waals surface area contributed by atoms with Crippen LogP contribution in [0.3, 0.4) is 0 Å². The van der Waals surface area contributed by atoms with Gasteiger partial charge in [0.25, 0.3) is 0 Å². The second-order valence-electron chi connectivity index (χ2n) is 5.41. The highest BCUT2D eigenvalue weighted by Crippen LogP contribution is 2.39. The van der Waals surface area contributed by atoms with Crippen LogP contribution < -0.4 is 10.6 Å². The van der Waals surface area contributed by atoms with E-state index in [1.165, 1.54) is 0 Å². The predicted octanol–water partition coefficient (Wildman–Crippen LogP) is 1.49. The largest absolute Gasteiger partial charge is 0.394 e. The Balaban J connectivity index is 2.26. The van der Waals surface area contributed by atoms with Gasteiger partial charge in [-0.15, -0.1) is 0 Å². The number of nitrogens with one attached hydrogen (secondary N) is 2. The summed E-state index contributed by atoms with van der Waals surface area (Å²) >= 11 is 0. The van der Waals surface area contributed by atoms with Gasteiger partial charge < -0.3 is 15.7 Å². The van der Waals surface area contributed by atoms with E-state index in [4.69, 9.17) is 0 Å². The fraction of sp³-hybridized carbons (Fsp3) is 0.917. The number of carbonyl (C=O) groups excluding carboxylic acids is 1. The molecule has 4 heteroatoms. The molecule has 1 unspecified atom stereocenters. The molecule has 1 fully saturated rings. The summed E-state index contributed by atoms with van der Waals surface area (Å²) in [5.41, 5.74) is -0.443. The first kappa shape index (κ1) is 13.3. The molecule has 16 heavy (non-hydrogen) atoms. The van der Waals surface area contributed by atoms with Crippen LogP contribution in [-0.4, -0.2) is 29.8 Å². The van der Waals surface area contributed by atoms with E-state index < -0.39 is 5.54 Å². The Morgan fingerprint density at radius 1 is 1.50 bits per heavy atom. The molecule has 3 N–H and O–H groups in total. The van der Waals surface area contributed by atoms with Crippen LogP contribution in [0.5, 0.6) is 0 Å². The van der Waals surface area contributed by atoms with Crippen LogP contribution in [0.4, 0.5) is 4.79 Å². The molecule has 0 aromatic heterocycles. The standard InChI is InChI=1S/C12H24N2O2/c1-9(2)6-7-13-11(16)14-12(3,8-15)10-4-5-10/h9-10,15H,4-8H2,1-3H3,(H2,13,14,16). The van der Waals surface area contributed by atoms with E-state index in [0.29, 0.717) is 18.4 Å². The minimum absolute atomic E-state index is 0.00919. The predicted molar refractivity (Wildman–Crippen MR) is 64.2 cm³/mol. The minimum Gasteiger partial charge on any atom is -0.394 e. The zero-order valence-electron chi connectivity index (χ0n) is 10.5. The average Bonchev–Trinajstić information content (AvgIpc) is 3.00. The molecule has 0 heterocycles. The zero-order chi connectivity index (χ0) is 12.2. The summed E-state index contributed by atoms with van der Waals surface area (Å²) in [6.45, 7) is 6.86. The third kappa shape index (κ3) is 4.00. The van der Waals surface area contributed by atoms with Gasteiger partial charge in [-0.2, -0.15) is 0 Å². The molecule has 0 saturated heterocycles. The summed E-state index contributed by atoms with van der Waals surface area (Å²) < 4.78 is 0.